The molecule has 0 radical (unpaired) electrons. The molecule has 0 atom stereocenters. The van der Waals surface area contributed by atoms with Crippen LogP contribution in [0.3, 0.4) is 0 Å². The van der Waals surface area contributed by atoms with Crippen molar-refractivity contribution >= 4 is 21.6 Å². The lowest BCUT2D eigenvalue weighted by Crippen LogP contribution is -2.48. The van der Waals surface area contributed by atoms with Crippen molar-refractivity contribution in [3.05, 3.63) is 65.7 Å². The molecule has 1 amide bonds. The SMILES string of the molecule is NS(=O)(=O)Cc1ccc(NC(=O)CN2CCN(Cc3ccccc3)CC2)cc1. The van der Waals surface area contributed by atoms with E-state index >= 15 is 0 Å². The van der Waals surface area contributed by atoms with E-state index in [1.54, 1.807) is 24.3 Å². The number of hydrogen-bond donors (Lipinski definition) is 2. The standard InChI is InChI=1S/C20H26N4O3S/c21-28(26,27)16-18-6-8-19(9-7-18)22-20(25)15-24-12-10-23(11-13-24)14-17-4-2-1-3-5-17/h1-9H,10-16H2,(H,22,25)(H2,21,26,27). The maximum atomic E-state index is 12.3. The number of sulfonamides is 1. The molecule has 1 fully saturated rings. The predicted octanol–water partition coefficient (Wildman–Crippen LogP) is 1.23. The van der Waals surface area contributed by atoms with Gasteiger partial charge in [0.15, 0.2) is 0 Å². The highest BCUT2D eigenvalue weighted by atomic mass is 32.2. The van der Waals surface area contributed by atoms with Crippen LogP contribution in [0.1, 0.15) is 11.1 Å². The quantitative estimate of drug-likeness (QED) is 0.726. The van der Waals surface area contributed by atoms with Gasteiger partial charge in [-0.15, -0.1) is 0 Å². The molecule has 0 aromatic heterocycles. The molecule has 150 valence electrons. The van der Waals surface area contributed by atoms with Gasteiger partial charge in [0.2, 0.25) is 15.9 Å². The Hall–Kier alpha value is -2.26. The van der Waals surface area contributed by atoms with E-state index in [2.05, 4.69) is 39.4 Å². The number of carbonyl (C=O) groups is 1. The molecule has 0 bridgehead atoms. The van der Waals surface area contributed by atoms with Crippen molar-refractivity contribution in [2.24, 2.45) is 5.14 Å². The molecule has 1 aliphatic rings. The van der Waals surface area contributed by atoms with E-state index < -0.39 is 10.0 Å². The van der Waals surface area contributed by atoms with Crippen LogP contribution < -0.4 is 10.5 Å². The van der Waals surface area contributed by atoms with Gasteiger partial charge in [0.05, 0.1) is 12.3 Å². The van der Waals surface area contributed by atoms with Gasteiger partial charge in [0.25, 0.3) is 0 Å². The van der Waals surface area contributed by atoms with Gasteiger partial charge in [-0.2, -0.15) is 0 Å². The van der Waals surface area contributed by atoms with Crippen LogP contribution in [0.4, 0.5) is 5.69 Å². The minimum Gasteiger partial charge on any atom is -0.325 e. The van der Waals surface area contributed by atoms with Crippen LogP contribution in [0.2, 0.25) is 0 Å². The normalized spacial score (nSPS) is 16.0. The molecular weight excluding hydrogens is 376 g/mol. The van der Waals surface area contributed by atoms with Gasteiger partial charge in [-0.25, -0.2) is 13.6 Å². The minimum absolute atomic E-state index is 0.0734. The van der Waals surface area contributed by atoms with Gasteiger partial charge in [-0.1, -0.05) is 42.5 Å². The van der Waals surface area contributed by atoms with E-state index in [0.29, 0.717) is 17.8 Å². The summed E-state index contributed by atoms with van der Waals surface area (Å²) in [6.45, 7) is 4.86. The van der Waals surface area contributed by atoms with Crippen LogP contribution in [-0.2, 0) is 27.1 Å². The summed E-state index contributed by atoms with van der Waals surface area (Å²) in [5.41, 5.74) is 2.54. The largest absolute Gasteiger partial charge is 0.325 e. The zero-order valence-corrected chi connectivity index (χ0v) is 16.6. The molecule has 0 aliphatic carbocycles. The van der Waals surface area contributed by atoms with E-state index in [1.807, 2.05) is 6.07 Å². The van der Waals surface area contributed by atoms with Gasteiger partial charge in [0, 0.05) is 38.4 Å². The first kappa shape index (κ1) is 20.5. The molecule has 3 rings (SSSR count). The van der Waals surface area contributed by atoms with Gasteiger partial charge < -0.3 is 5.32 Å². The predicted molar refractivity (Wildman–Crippen MR) is 110 cm³/mol. The number of hydrogen-bond acceptors (Lipinski definition) is 5. The monoisotopic (exact) mass is 402 g/mol. The molecule has 0 saturated carbocycles. The van der Waals surface area contributed by atoms with Crippen molar-refractivity contribution in [2.75, 3.05) is 38.0 Å². The van der Waals surface area contributed by atoms with Crippen molar-refractivity contribution in [2.45, 2.75) is 12.3 Å². The first-order chi connectivity index (χ1) is 13.4. The molecule has 1 aliphatic heterocycles. The van der Waals surface area contributed by atoms with Crippen LogP contribution >= 0.6 is 0 Å². The molecule has 7 nitrogen and oxygen atoms in total. The Labute approximate surface area is 166 Å². The van der Waals surface area contributed by atoms with Gasteiger partial charge in [-0.3, -0.25) is 14.6 Å². The third-order valence-corrected chi connectivity index (χ3v) is 5.42. The lowest BCUT2D eigenvalue weighted by molar-refractivity contribution is -0.117. The summed E-state index contributed by atoms with van der Waals surface area (Å²) >= 11 is 0. The maximum absolute atomic E-state index is 12.3. The van der Waals surface area contributed by atoms with Crippen LogP contribution in [-0.4, -0.2) is 56.8 Å². The highest BCUT2D eigenvalue weighted by Gasteiger charge is 2.19. The number of nitrogens with one attached hydrogen (secondary N) is 1. The number of amides is 1. The number of piperazine rings is 1. The fourth-order valence-electron chi connectivity index (χ4n) is 3.27. The molecule has 2 aromatic rings. The smallest absolute Gasteiger partial charge is 0.238 e. The summed E-state index contributed by atoms with van der Waals surface area (Å²) in [6.07, 6.45) is 0. The second-order valence-electron chi connectivity index (χ2n) is 7.09. The molecule has 3 N–H and O–H groups in total. The Morgan fingerprint density at radius 2 is 1.50 bits per heavy atom. The number of nitrogens with two attached hydrogens (primary N) is 1. The van der Waals surface area contributed by atoms with E-state index in [4.69, 9.17) is 5.14 Å². The van der Waals surface area contributed by atoms with Crippen molar-refractivity contribution in [3.63, 3.8) is 0 Å². The van der Waals surface area contributed by atoms with Crippen LogP contribution in [0.15, 0.2) is 54.6 Å². The Morgan fingerprint density at radius 1 is 0.893 bits per heavy atom. The first-order valence-electron chi connectivity index (χ1n) is 9.25. The number of carbonyl (C=O) groups excluding carboxylic acids is 1. The van der Waals surface area contributed by atoms with Crippen LogP contribution in [0.5, 0.6) is 0 Å². The Balaban J connectivity index is 1.42. The average molecular weight is 403 g/mol. The fraction of sp³-hybridized carbons (Fsp3) is 0.350. The average Bonchev–Trinajstić information content (AvgIpc) is 2.65. The lowest BCUT2D eigenvalue weighted by atomic mass is 10.2. The summed E-state index contributed by atoms with van der Waals surface area (Å²) in [5.74, 6) is -0.287. The number of benzene rings is 2. The Kier molecular flexibility index (Phi) is 6.79. The third-order valence-electron chi connectivity index (χ3n) is 4.69. The zero-order valence-electron chi connectivity index (χ0n) is 15.8. The van der Waals surface area contributed by atoms with Gasteiger partial charge >= 0.3 is 0 Å². The molecule has 1 heterocycles. The highest BCUT2D eigenvalue weighted by molar-refractivity contribution is 7.88. The summed E-state index contributed by atoms with van der Waals surface area (Å²) < 4.78 is 22.2. The van der Waals surface area contributed by atoms with Crippen LogP contribution in [0.25, 0.3) is 0 Å². The third kappa shape index (κ3) is 6.72. The molecule has 8 heteroatoms. The number of nitrogens with zero attached hydrogens (tertiary/aromatic N) is 2. The van der Waals surface area contributed by atoms with Gasteiger partial charge in [-0.05, 0) is 23.3 Å². The summed E-state index contributed by atoms with van der Waals surface area (Å²) in [7, 11) is -3.55. The Bertz CT molecular complexity index is 877. The summed E-state index contributed by atoms with van der Waals surface area (Å²) in [6, 6.07) is 17.1. The van der Waals surface area contributed by atoms with Crippen LogP contribution in [0, 0.1) is 0 Å². The topological polar surface area (TPSA) is 95.7 Å². The highest BCUT2D eigenvalue weighted by Crippen LogP contribution is 2.12. The van der Waals surface area contributed by atoms with E-state index in [9.17, 15) is 13.2 Å². The minimum atomic E-state index is -3.55. The molecule has 0 spiro atoms. The second-order valence-corrected chi connectivity index (χ2v) is 8.70. The lowest BCUT2D eigenvalue weighted by Gasteiger charge is -2.34. The van der Waals surface area contributed by atoms with Gasteiger partial charge in [0.1, 0.15) is 0 Å². The summed E-state index contributed by atoms with van der Waals surface area (Å²) in [4.78, 5) is 16.8. The molecule has 2 aromatic carbocycles. The van der Waals surface area contributed by atoms with Crippen molar-refractivity contribution in [1.29, 1.82) is 0 Å². The van der Waals surface area contributed by atoms with Crippen molar-refractivity contribution < 1.29 is 13.2 Å². The molecule has 28 heavy (non-hydrogen) atoms. The molecule has 0 unspecified atom stereocenters. The zero-order chi connectivity index (χ0) is 20.0. The number of primary sulfonamides is 1. The fourth-order valence-corrected chi connectivity index (χ4v) is 3.92. The van der Waals surface area contributed by atoms with Crippen molar-refractivity contribution in [1.82, 2.24) is 9.80 Å². The number of anilines is 1. The van der Waals surface area contributed by atoms with E-state index in [1.165, 1.54) is 5.56 Å². The summed E-state index contributed by atoms with van der Waals surface area (Å²) in [5, 5.41) is 7.89. The maximum Gasteiger partial charge on any atom is 0.238 e. The second kappa shape index (κ2) is 9.29. The molecular formula is C20H26N4O3S. The van der Waals surface area contributed by atoms with Crippen molar-refractivity contribution in [3.8, 4) is 0 Å². The van der Waals surface area contributed by atoms with E-state index in [-0.39, 0.29) is 11.7 Å². The Morgan fingerprint density at radius 3 is 2.11 bits per heavy atom. The molecule has 1 saturated heterocycles. The number of rotatable bonds is 7. The van der Waals surface area contributed by atoms with E-state index in [0.717, 1.165) is 32.7 Å². The first-order valence-corrected chi connectivity index (χ1v) is 11.0.